The van der Waals surface area contributed by atoms with Crippen molar-refractivity contribution in [3.05, 3.63) is 16.4 Å². The summed E-state index contributed by atoms with van der Waals surface area (Å²) in [7, 11) is 6.23. The van der Waals surface area contributed by atoms with Crippen LogP contribution in [0.3, 0.4) is 0 Å². The van der Waals surface area contributed by atoms with Crippen molar-refractivity contribution in [2.45, 2.75) is 25.4 Å². The molecule has 1 fully saturated rings. The summed E-state index contributed by atoms with van der Waals surface area (Å²) in [6, 6.07) is 0.514. The molecule has 0 amide bonds. The Bertz CT molecular complexity index is 460. The van der Waals surface area contributed by atoms with E-state index in [2.05, 4.69) is 34.4 Å². The van der Waals surface area contributed by atoms with E-state index in [9.17, 15) is 0 Å². The number of hydrogen-bond acceptors (Lipinski definition) is 5. The Morgan fingerprint density at radius 2 is 2.10 bits per heavy atom. The predicted molar refractivity (Wildman–Crippen MR) is 81.7 cm³/mol. The second kappa shape index (κ2) is 6.41. The lowest BCUT2D eigenvalue weighted by atomic mass is 9.99. The van der Waals surface area contributed by atoms with E-state index in [1.165, 1.54) is 0 Å². The van der Waals surface area contributed by atoms with Crippen LogP contribution in [0.1, 0.15) is 11.4 Å². The topological polar surface area (TPSA) is 62.4 Å². The Balaban J connectivity index is 2.15. The second-order valence-electron chi connectivity index (χ2n) is 5.76. The Hall–Kier alpha value is -0.660. The Labute approximate surface area is 125 Å². The van der Waals surface area contributed by atoms with Crippen molar-refractivity contribution < 1.29 is 0 Å². The van der Waals surface area contributed by atoms with Gasteiger partial charge in [0.15, 0.2) is 0 Å². The monoisotopic (exact) mass is 300 g/mol. The van der Waals surface area contributed by atoms with Gasteiger partial charge in [-0.05, 0) is 21.0 Å². The third kappa shape index (κ3) is 3.15. The summed E-state index contributed by atoms with van der Waals surface area (Å²) in [5.41, 5.74) is 4.87. The molecule has 0 radical (unpaired) electrons. The van der Waals surface area contributed by atoms with Gasteiger partial charge in [-0.25, -0.2) is 0 Å². The van der Waals surface area contributed by atoms with Crippen LogP contribution in [0.15, 0.2) is 0 Å². The molecule has 1 aromatic rings. The fraction of sp³-hybridized carbons (Fsp3) is 0.769. The van der Waals surface area contributed by atoms with Crippen LogP contribution in [-0.2, 0) is 13.5 Å². The molecule has 1 aliphatic heterocycles. The molecule has 114 valence electrons. The lowest BCUT2D eigenvalue weighted by molar-refractivity contribution is 0.0872. The van der Waals surface area contributed by atoms with Crippen LogP contribution in [0.5, 0.6) is 0 Å². The van der Waals surface area contributed by atoms with Crippen LogP contribution in [-0.4, -0.2) is 65.4 Å². The van der Waals surface area contributed by atoms with Crippen LogP contribution in [0, 0.1) is 6.92 Å². The molecular formula is C13H25ClN6. The van der Waals surface area contributed by atoms with Gasteiger partial charge in [-0.1, -0.05) is 11.6 Å². The van der Waals surface area contributed by atoms with E-state index in [1.54, 1.807) is 0 Å². The number of halogens is 1. The fourth-order valence-electron chi connectivity index (χ4n) is 2.89. The first-order valence-corrected chi connectivity index (χ1v) is 7.34. The largest absolute Gasteiger partial charge is 0.303 e. The molecule has 2 unspecified atom stereocenters. The third-order valence-electron chi connectivity index (χ3n) is 4.25. The van der Waals surface area contributed by atoms with Gasteiger partial charge in [-0.15, -0.1) is 0 Å². The van der Waals surface area contributed by atoms with E-state index < -0.39 is 0 Å². The molecule has 3 N–H and O–H groups in total. The molecule has 20 heavy (non-hydrogen) atoms. The van der Waals surface area contributed by atoms with Crippen molar-refractivity contribution >= 4 is 11.6 Å². The molecule has 0 aromatic carbocycles. The summed E-state index contributed by atoms with van der Waals surface area (Å²) >= 11 is 6.34. The molecular weight excluding hydrogens is 276 g/mol. The van der Waals surface area contributed by atoms with Crippen molar-refractivity contribution in [3.63, 3.8) is 0 Å². The molecule has 1 saturated heterocycles. The van der Waals surface area contributed by atoms with Crippen LogP contribution in [0.4, 0.5) is 0 Å². The average Bonchev–Trinajstić information content (AvgIpc) is 2.65. The number of aromatic nitrogens is 2. The highest BCUT2D eigenvalue weighted by Crippen LogP contribution is 2.22. The Kier molecular flexibility index (Phi) is 5.04. The van der Waals surface area contributed by atoms with Crippen molar-refractivity contribution in [2.75, 3.05) is 33.7 Å². The number of rotatable bonds is 4. The van der Waals surface area contributed by atoms with Gasteiger partial charge in [0.2, 0.25) is 0 Å². The highest BCUT2D eigenvalue weighted by molar-refractivity contribution is 6.31. The zero-order chi connectivity index (χ0) is 14.9. The van der Waals surface area contributed by atoms with E-state index in [0.29, 0.717) is 6.04 Å². The van der Waals surface area contributed by atoms with Gasteiger partial charge in [0.25, 0.3) is 0 Å². The van der Waals surface area contributed by atoms with E-state index in [0.717, 1.165) is 42.5 Å². The highest BCUT2D eigenvalue weighted by Gasteiger charge is 2.30. The van der Waals surface area contributed by atoms with Gasteiger partial charge in [0.05, 0.1) is 16.4 Å². The van der Waals surface area contributed by atoms with Gasteiger partial charge in [-0.2, -0.15) is 5.10 Å². The Morgan fingerprint density at radius 3 is 2.65 bits per heavy atom. The third-order valence-corrected chi connectivity index (χ3v) is 4.74. The fourth-order valence-corrected chi connectivity index (χ4v) is 3.13. The zero-order valence-electron chi connectivity index (χ0n) is 12.7. The maximum Gasteiger partial charge on any atom is 0.0847 e. The van der Waals surface area contributed by atoms with Crippen molar-refractivity contribution in [3.8, 4) is 0 Å². The molecule has 1 aliphatic rings. The Morgan fingerprint density at radius 1 is 1.40 bits per heavy atom. The molecule has 0 saturated carbocycles. The van der Waals surface area contributed by atoms with E-state index >= 15 is 0 Å². The quantitative estimate of drug-likeness (QED) is 0.605. The van der Waals surface area contributed by atoms with Crippen LogP contribution in [0.2, 0.25) is 5.02 Å². The normalized spacial score (nSPS) is 23.2. The summed E-state index contributed by atoms with van der Waals surface area (Å²) in [5.74, 6) is 5.80. The van der Waals surface area contributed by atoms with Crippen LogP contribution in [0.25, 0.3) is 0 Å². The van der Waals surface area contributed by atoms with E-state index in [-0.39, 0.29) is 6.04 Å². The number of nitrogens with zero attached hydrogens (tertiary/aromatic N) is 4. The number of aryl methyl sites for hydroxylation is 2. The predicted octanol–water partition coefficient (Wildman–Crippen LogP) is 0.00212. The lowest BCUT2D eigenvalue weighted by Crippen LogP contribution is -2.60. The molecule has 2 heterocycles. The van der Waals surface area contributed by atoms with Gasteiger partial charge >= 0.3 is 0 Å². The first kappa shape index (κ1) is 15.7. The summed E-state index contributed by atoms with van der Waals surface area (Å²) < 4.78 is 1.86. The summed E-state index contributed by atoms with van der Waals surface area (Å²) in [6.07, 6.45) is 0.773. The van der Waals surface area contributed by atoms with Gasteiger partial charge in [-0.3, -0.25) is 20.9 Å². The number of nitrogens with one attached hydrogen (secondary N) is 1. The maximum absolute atomic E-state index is 6.34. The second-order valence-corrected chi connectivity index (χ2v) is 6.14. The van der Waals surface area contributed by atoms with Gasteiger partial charge in [0.1, 0.15) is 0 Å². The minimum absolute atomic E-state index is 0.148. The van der Waals surface area contributed by atoms with Gasteiger partial charge in [0, 0.05) is 45.2 Å². The molecule has 2 rings (SSSR count). The molecule has 6 nitrogen and oxygen atoms in total. The smallest absolute Gasteiger partial charge is 0.0847 e. The maximum atomic E-state index is 6.34. The highest BCUT2D eigenvalue weighted by atomic mass is 35.5. The van der Waals surface area contributed by atoms with Crippen molar-refractivity contribution in [1.82, 2.24) is 25.0 Å². The van der Waals surface area contributed by atoms with Gasteiger partial charge < -0.3 is 4.90 Å². The molecule has 0 aliphatic carbocycles. The van der Waals surface area contributed by atoms with Crippen molar-refractivity contribution in [2.24, 2.45) is 12.9 Å². The molecule has 0 spiro atoms. The van der Waals surface area contributed by atoms with E-state index in [1.807, 2.05) is 18.7 Å². The number of piperazine rings is 1. The summed E-state index contributed by atoms with van der Waals surface area (Å²) in [5, 5.41) is 5.12. The summed E-state index contributed by atoms with van der Waals surface area (Å²) in [4.78, 5) is 4.70. The lowest BCUT2D eigenvalue weighted by Gasteiger charge is -2.41. The molecule has 1 aromatic heterocycles. The minimum Gasteiger partial charge on any atom is -0.303 e. The SMILES string of the molecule is Cc1nn(C)c(CC(NN)C2CN(C)CCN2C)c1Cl. The standard InChI is InChI=1S/C13H25ClN6/c1-9-13(14)11(20(4)17-9)7-10(16-15)12-8-18(2)5-6-19(12)3/h10,12,16H,5-8,15H2,1-4H3. The molecule has 7 heteroatoms. The van der Waals surface area contributed by atoms with E-state index in [4.69, 9.17) is 17.4 Å². The van der Waals surface area contributed by atoms with Crippen molar-refractivity contribution in [1.29, 1.82) is 0 Å². The number of hydrazine groups is 1. The minimum atomic E-state index is 0.148. The van der Waals surface area contributed by atoms with Crippen LogP contribution < -0.4 is 11.3 Å². The number of likely N-dealkylation sites (N-methyl/N-ethyl adjacent to an activating group) is 2. The molecule has 0 bridgehead atoms. The molecule has 2 atom stereocenters. The average molecular weight is 301 g/mol. The number of hydrogen-bond donors (Lipinski definition) is 2. The number of nitrogens with two attached hydrogens (primary N) is 1. The van der Waals surface area contributed by atoms with Crippen LogP contribution >= 0.6 is 11.6 Å². The first-order valence-electron chi connectivity index (χ1n) is 6.97. The summed E-state index contributed by atoms with van der Waals surface area (Å²) in [6.45, 7) is 5.07. The first-order chi connectivity index (χ1) is 9.43. The zero-order valence-corrected chi connectivity index (χ0v) is 13.5.